The van der Waals surface area contributed by atoms with Gasteiger partial charge < -0.3 is 5.32 Å². The highest BCUT2D eigenvalue weighted by molar-refractivity contribution is 6.31. The Labute approximate surface area is 109 Å². The van der Waals surface area contributed by atoms with Gasteiger partial charge in [-0.2, -0.15) is 0 Å². The third-order valence-electron chi connectivity index (χ3n) is 2.22. The summed E-state index contributed by atoms with van der Waals surface area (Å²) in [5, 5.41) is 5.97. The first-order chi connectivity index (χ1) is 8.65. The number of unbranched alkanes of at least 4 members (excludes halogenated alkanes) is 1. The number of rotatable bonds is 6. The Morgan fingerprint density at radius 3 is 2.94 bits per heavy atom. The fraction of sp³-hybridized carbons (Fsp3) is 0.364. The summed E-state index contributed by atoms with van der Waals surface area (Å²) in [5.41, 5.74) is 8.37. The molecular formula is C11H12ClFN4O. The number of nitrogens with zero attached hydrogens (tertiary/aromatic N) is 3. The fourth-order valence-electron chi connectivity index (χ4n) is 1.29. The van der Waals surface area contributed by atoms with Crippen molar-refractivity contribution in [2.75, 3.05) is 13.1 Å². The second-order valence-corrected chi connectivity index (χ2v) is 3.95. The van der Waals surface area contributed by atoms with E-state index in [9.17, 15) is 9.18 Å². The van der Waals surface area contributed by atoms with Gasteiger partial charge in [0.05, 0.1) is 5.02 Å². The lowest BCUT2D eigenvalue weighted by Crippen LogP contribution is -2.24. The van der Waals surface area contributed by atoms with E-state index in [1.54, 1.807) is 0 Å². The van der Waals surface area contributed by atoms with Crippen LogP contribution in [0.4, 0.5) is 4.39 Å². The smallest absolute Gasteiger partial charge is 0.251 e. The van der Waals surface area contributed by atoms with E-state index in [0.29, 0.717) is 31.5 Å². The molecule has 0 aromatic heterocycles. The number of carbonyl (C=O) groups excluding carboxylic acids is 1. The van der Waals surface area contributed by atoms with E-state index in [0.717, 1.165) is 6.07 Å². The topological polar surface area (TPSA) is 77.9 Å². The van der Waals surface area contributed by atoms with Gasteiger partial charge in [-0.25, -0.2) is 4.39 Å². The number of nitrogens with one attached hydrogen (secondary N) is 1. The van der Waals surface area contributed by atoms with Gasteiger partial charge in [0.15, 0.2) is 0 Å². The minimum Gasteiger partial charge on any atom is -0.352 e. The number of carbonyl (C=O) groups is 1. The Morgan fingerprint density at radius 2 is 2.28 bits per heavy atom. The first kappa shape index (κ1) is 14.3. The summed E-state index contributed by atoms with van der Waals surface area (Å²) in [4.78, 5) is 14.2. The summed E-state index contributed by atoms with van der Waals surface area (Å²) >= 11 is 5.57. The van der Waals surface area contributed by atoms with E-state index >= 15 is 0 Å². The van der Waals surface area contributed by atoms with Gasteiger partial charge in [-0.3, -0.25) is 4.79 Å². The molecule has 5 nitrogen and oxygen atoms in total. The van der Waals surface area contributed by atoms with Crippen molar-refractivity contribution in [3.63, 3.8) is 0 Å². The van der Waals surface area contributed by atoms with Crippen LogP contribution in [0.2, 0.25) is 5.02 Å². The quantitative estimate of drug-likeness (QED) is 0.366. The van der Waals surface area contributed by atoms with Crippen LogP contribution in [0.15, 0.2) is 23.3 Å². The molecule has 0 spiro atoms. The van der Waals surface area contributed by atoms with E-state index in [1.807, 2.05) is 0 Å². The minimum absolute atomic E-state index is 0.0778. The summed E-state index contributed by atoms with van der Waals surface area (Å²) in [6.45, 7) is 0.878. The normalized spacial score (nSPS) is 9.67. The zero-order chi connectivity index (χ0) is 13.4. The van der Waals surface area contributed by atoms with Gasteiger partial charge in [0, 0.05) is 23.6 Å². The Kier molecular flexibility index (Phi) is 5.97. The van der Waals surface area contributed by atoms with Gasteiger partial charge in [0.1, 0.15) is 5.82 Å². The second-order valence-electron chi connectivity index (χ2n) is 3.55. The molecule has 0 heterocycles. The van der Waals surface area contributed by atoms with Crippen LogP contribution in [0, 0.1) is 5.82 Å². The number of halogens is 2. The molecule has 0 unspecified atom stereocenters. The van der Waals surface area contributed by atoms with E-state index in [1.165, 1.54) is 12.1 Å². The van der Waals surface area contributed by atoms with Crippen LogP contribution in [0.3, 0.4) is 0 Å². The molecular weight excluding hydrogens is 259 g/mol. The Bertz CT molecular complexity index is 474. The van der Waals surface area contributed by atoms with Crippen LogP contribution in [-0.4, -0.2) is 19.0 Å². The molecule has 0 saturated carbocycles. The lowest BCUT2D eigenvalue weighted by atomic mass is 10.2. The lowest BCUT2D eigenvalue weighted by Gasteiger charge is -2.05. The number of hydrogen-bond donors (Lipinski definition) is 1. The summed E-state index contributed by atoms with van der Waals surface area (Å²) < 4.78 is 12.9. The van der Waals surface area contributed by atoms with Crippen LogP contribution < -0.4 is 5.32 Å². The second kappa shape index (κ2) is 7.53. The Balaban J connectivity index is 2.36. The Morgan fingerprint density at radius 1 is 1.50 bits per heavy atom. The van der Waals surface area contributed by atoms with Crippen LogP contribution in [0.25, 0.3) is 10.4 Å². The number of benzene rings is 1. The van der Waals surface area contributed by atoms with Crippen molar-refractivity contribution in [2.24, 2.45) is 5.11 Å². The van der Waals surface area contributed by atoms with E-state index in [2.05, 4.69) is 15.3 Å². The molecule has 1 aromatic rings. The van der Waals surface area contributed by atoms with Gasteiger partial charge in [0.25, 0.3) is 5.91 Å². The molecule has 0 atom stereocenters. The van der Waals surface area contributed by atoms with Crippen LogP contribution in [0.1, 0.15) is 23.2 Å². The molecule has 96 valence electrons. The molecule has 1 N–H and O–H groups in total. The van der Waals surface area contributed by atoms with Gasteiger partial charge >= 0.3 is 0 Å². The molecule has 18 heavy (non-hydrogen) atoms. The molecule has 0 aliphatic carbocycles. The predicted octanol–water partition coefficient (Wildman–Crippen LogP) is 3.30. The molecule has 7 heteroatoms. The fourth-order valence-corrected chi connectivity index (χ4v) is 1.47. The lowest BCUT2D eigenvalue weighted by molar-refractivity contribution is 0.0953. The maximum absolute atomic E-state index is 12.9. The van der Waals surface area contributed by atoms with Gasteiger partial charge in [-0.15, -0.1) is 0 Å². The van der Waals surface area contributed by atoms with Crippen LogP contribution in [0.5, 0.6) is 0 Å². The summed E-state index contributed by atoms with van der Waals surface area (Å²) in [6, 6.07) is 3.81. The summed E-state index contributed by atoms with van der Waals surface area (Å²) in [7, 11) is 0. The third kappa shape index (κ3) is 4.61. The van der Waals surface area contributed by atoms with Gasteiger partial charge in [-0.05, 0) is 36.6 Å². The average molecular weight is 271 g/mol. The maximum Gasteiger partial charge on any atom is 0.251 e. The summed E-state index contributed by atoms with van der Waals surface area (Å²) in [6.07, 6.45) is 1.41. The van der Waals surface area contributed by atoms with Crippen molar-refractivity contribution < 1.29 is 9.18 Å². The highest BCUT2D eigenvalue weighted by Crippen LogP contribution is 2.15. The largest absolute Gasteiger partial charge is 0.352 e. The standard InChI is InChI=1S/C11H12ClFN4O/c12-9-7-8(3-4-10(9)13)11(18)15-5-1-2-6-16-17-14/h3-4,7H,1-2,5-6H2,(H,15,18). The molecule has 0 fully saturated rings. The Hall–Kier alpha value is -1.78. The molecule has 1 aromatic carbocycles. The highest BCUT2D eigenvalue weighted by Gasteiger charge is 2.07. The van der Waals surface area contributed by atoms with Crippen molar-refractivity contribution in [2.45, 2.75) is 12.8 Å². The van der Waals surface area contributed by atoms with Gasteiger partial charge in [0.2, 0.25) is 0 Å². The number of amides is 1. The van der Waals surface area contributed by atoms with Crippen molar-refractivity contribution in [3.05, 3.63) is 45.0 Å². The molecule has 1 amide bonds. The van der Waals surface area contributed by atoms with Crippen molar-refractivity contribution >= 4 is 17.5 Å². The third-order valence-corrected chi connectivity index (χ3v) is 2.51. The maximum atomic E-state index is 12.9. The molecule has 0 radical (unpaired) electrons. The summed E-state index contributed by atoms with van der Waals surface area (Å²) in [5.74, 6) is -0.858. The van der Waals surface area contributed by atoms with Crippen molar-refractivity contribution in [1.82, 2.24) is 5.32 Å². The molecule has 0 saturated heterocycles. The number of azide groups is 1. The molecule has 0 aliphatic heterocycles. The first-order valence-corrected chi connectivity index (χ1v) is 5.77. The minimum atomic E-state index is -0.553. The van der Waals surface area contributed by atoms with Crippen LogP contribution >= 0.6 is 11.6 Å². The van der Waals surface area contributed by atoms with Crippen molar-refractivity contribution in [3.8, 4) is 0 Å². The number of hydrogen-bond acceptors (Lipinski definition) is 2. The van der Waals surface area contributed by atoms with Gasteiger partial charge in [-0.1, -0.05) is 16.7 Å². The molecule has 0 aliphatic rings. The van der Waals surface area contributed by atoms with Crippen LogP contribution in [-0.2, 0) is 0 Å². The van der Waals surface area contributed by atoms with E-state index < -0.39 is 5.82 Å². The average Bonchev–Trinajstić information content (AvgIpc) is 2.36. The van der Waals surface area contributed by atoms with Crippen molar-refractivity contribution in [1.29, 1.82) is 0 Å². The zero-order valence-corrected chi connectivity index (χ0v) is 10.3. The highest BCUT2D eigenvalue weighted by atomic mass is 35.5. The monoisotopic (exact) mass is 270 g/mol. The predicted molar refractivity (Wildman–Crippen MR) is 67.0 cm³/mol. The van der Waals surface area contributed by atoms with E-state index in [4.69, 9.17) is 17.1 Å². The molecule has 0 bridgehead atoms. The van der Waals surface area contributed by atoms with E-state index in [-0.39, 0.29) is 10.9 Å². The zero-order valence-electron chi connectivity index (χ0n) is 9.57. The molecule has 1 rings (SSSR count). The first-order valence-electron chi connectivity index (χ1n) is 5.39. The SMILES string of the molecule is [N-]=[N+]=NCCCCNC(=O)c1ccc(F)c(Cl)c1.